The van der Waals surface area contributed by atoms with Crippen LogP contribution in [0.5, 0.6) is 0 Å². The average molecular weight is 208 g/mol. The van der Waals surface area contributed by atoms with E-state index >= 15 is 0 Å². The van der Waals surface area contributed by atoms with Gasteiger partial charge < -0.3 is 15.5 Å². The van der Waals surface area contributed by atoms with E-state index < -0.39 is 18.5 Å². The number of benzene rings is 1. The summed E-state index contributed by atoms with van der Waals surface area (Å²) in [6, 6.07) is 8.82. The molecule has 3 N–H and O–H groups in total. The summed E-state index contributed by atoms with van der Waals surface area (Å²) < 4.78 is 0. The van der Waals surface area contributed by atoms with Gasteiger partial charge in [0.25, 0.3) is 0 Å². The van der Waals surface area contributed by atoms with Crippen LogP contribution in [0, 0.1) is 0 Å². The predicted molar refractivity (Wildman–Crippen MR) is 52.5 cm³/mol. The van der Waals surface area contributed by atoms with Gasteiger partial charge in [0, 0.05) is 0 Å². The van der Waals surface area contributed by atoms with Crippen molar-refractivity contribution in [3.05, 3.63) is 35.9 Å². The lowest BCUT2D eigenvalue weighted by molar-refractivity contribution is -0.0365. The summed E-state index contributed by atoms with van der Waals surface area (Å²) in [5.74, 6) is 0. The third-order valence-corrected chi connectivity index (χ3v) is 2.33. The molecule has 2 rings (SSSR count). The molecular weight excluding hydrogens is 196 g/mol. The molecule has 2 atom stereocenters. The van der Waals surface area contributed by atoms with E-state index in [1.165, 1.54) is 4.90 Å². The number of rotatable bonds is 2. The Morgan fingerprint density at radius 3 is 2.47 bits per heavy atom. The average Bonchev–Trinajstić information content (AvgIpc) is 2.47. The minimum atomic E-state index is -1.21. The van der Waals surface area contributed by atoms with Gasteiger partial charge in [-0.3, -0.25) is 4.90 Å². The molecule has 2 unspecified atom stereocenters. The first-order chi connectivity index (χ1) is 7.18. The largest absolute Gasteiger partial charge is 0.369 e. The molecule has 0 aliphatic carbocycles. The first kappa shape index (κ1) is 9.95. The van der Waals surface area contributed by atoms with Crippen molar-refractivity contribution in [1.29, 1.82) is 0 Å². The molecule has 1 aliphatic heterocycles. The number of hydrogen-bond donors (Lipinski definition) is 3. The van der Waals surface area contributed by atoms with Gasteiger partial charge in [0.2, 0.25) is 0 Å². The fourth-order valence-electron chi connectivity index (χ4n) is 1.52. The van der Waals surface area contributed by atoms with E-state index in [0.717, 1.165) is 5.56 Å². The molecule has 80 valence electrons. The van der Waals surface area contributed by atoms with E-state index in [4.69, 9.17) is 0 Å². The van der Waals surface area contributed by atoms with Gasteiger partial charge in [-0.1, -0.05) is 30.3 Å². The Kier molecular flexibility index (Phi) is 2.57. The van der Waals surface area contributed by atoms with E-state index in [0.29, 0.717) is 0 Å². The van der Waals surface area contributed by atoms with Crippen LogP contribution in [0.2, 0.25) is 0 Å². The molecule has 1 aromatic rings. The van der Waals surface area contributed by atoms with E-state index in [-0.39, 0.29) is 6.54 Å². The molecule has 0 spiro atoms. The van der Waals surface area contributed by atoms with Crippen molar-refractivity contribution in [2.75, 3.05) is 0 Å². The van der Waals surface area contributed by atoms with E-state index in [1.54, 1.807) is 0 Å². The van der Waals surface area contributed by atoms with Crippen molar-refractivity contribution in [3.63, 3.8) is 0 Å². The standard InChI is InChI=1S/C10H12N2O3/c13-8-9(14)12(10(15)11-8)6-7-4-2-1-3-5-7/h1-5,8-9,13-14H,6H2,(H,11,15). The smallest absolute Gasteiger partial charge is 0.322 e. The Bertz CT molecular complexity index is 355. The van der Waals surface area contributed by atoms with Gasteiger partial charge in [-0.15, -0.1) is 0 Å². The van der Waals surface area contributed by atoms with Crippen LogP contribution in [-0.4, -0.2) is 33.6 Å². The Balaban J connectivity index is 2.09. The SMILES string of the molecule is O=C1NC(O)C(O)N1Cc1ccccc1. The van der Waals surface area contributed by atoms with Crippen molar-refractivity contribution >= 4 is 6.03 Å². The highest BCUT2D eigenvalue weighted by atomic mass is 16.4. The second kappa shape index (κ2) is 3.88. The predicted octanol–water partition coefficient (Wildman–Crippen LogP) is -0.151. The first-order valence-corrected chi connectivity index (χ1v) is 4.65. The van der Waals surface area contributed by atoms with Gasteiger partial charge in [-0.05, 0) is 5.56 Å². The highest BCUT2D eigenvalue weighted by Crippen LogP contribution is 2.13. The topological polar surface area (TPSA) is 72.8 Å². The maximum Gasteiger partial charge on any atom is 0.322 e. The zero-order valence-corrected chi connectivity index (χ0v) is 8.00. The molecule has 1 heterocycles. The Hall–Kier alpha value is -1.59. The number of nitrogens with zero attached hydrogens (tertiary/aromatic N) is 1. The molecule has 1 aliphatic rings. The van der Waals surface area contributed by atoms with Gasteiger partial charge in [-0.2, -0.15) is 0 Å². The number of urea groups is 1. The number of amides is 2. The quantitative estimate of drug-likeness (QED) is 0.632. The number of aliphatic hydroxyl groups is 2. The van der Waals surface area contributed by atoms with Crippen LogP contribution in [0.15, 0.2) is 30.3 Å². The third-order valence-electron chi connectivity index (χ3n) is 2.33. The normalized spacial score (nSPS) is 25.5. The van der Waals surface area contributed by atoms with Crippen molar-refractivity contribution in [3.8, 4) is 0 Å². The van der Waals surface area contributed by atoms with Crippen molar-refractivity contribution < 1.29 is 15.0 Å². The molecule has 5 nitrogen and oxygen atoms in total. The highest BCUT2D eigenvalue weighted by molar-refractivity contribution is 5.76. The van der Waals surface area contributed by atoms with Crippen LogP contribution in [0.25, 0.3) is 0 Å². The molecule has 1 saturated heterocycles. The van der Waals surface area contributed by atoms with Crippen molar-refractivity contribution in [2.24, 2.45) is 0 Å². The molecule has 0 radical (unpaired) electrons. The summed E-state index contributed by atoms with van der Waals surface area (Å²) >= 11 is 0. The molecule has 1 fully saturated rings. The van der Waals surface area contributed by atoms with E-state index in [9.17, 15) is 15.0 Å². The van der Waals surface area contributed by atoms with Crippen LogP contribution in [0.1, 0.15) is 5.56 Å². The van der Waals surface area contributed by atoms with Crippen LogP contribution < -0.4 is 5.32 Å². The Morgan fingerprint density at radius 1 is 1.27 bits per heavy atom. The van der Waals surface area contributed by atoms with Crippen molar-refractivity contribution in [1.82, 2.24) is 10.2 Å². The molecule has 5 heteroatoms. The second-order valence-corrected chi connectivity index (χ2v) is 3.42. The van der Waals surface area contributed by atoms with Gasteiger partial charge in [0.05, 0.1) is 6.54 Å². The second-order valence-electron chi connectivity index (χ2n) is 3.42. The van der Waals surface area contributed by atoms with Gasteiger partial charge in [0.1, 0.15) is 0 Å². The lowest BCUT2D eigenvalue weighted by atomic mass is 10.2. The minimum Gasteiger partial charge on any atom is -0.369 e. The number of hydrogen-bond acceptors (Lipinski definition) is 3. The summed E-state index contributed by atoms with van der Waals surface area (Å²) in [5, 5.41) is 20.9. The number of carbonyl (C=O) groups is 1. The highest BCUT2D eigenvalue weighted by Gasteiger charge is 2.36. The van der Waals surface area contributed by atoms with E-state index in [1.807, 2.05) is 30.3 Å². The summed E-state index contributed by atoms with van der Waals surface area (Å²) in [5.41, 5.74) is 0.904. The van der Waals surface area contributed by atoms with Crippen LogP contribution in [0.4, 0.5) is 4.79 Å². The summed E-state index contributed by atoms with van der Waals surface area (Å²) in [6.07, 6.45) is -2.39. The van der Waals surface area contributed by atoms with Gasteiger partial charge >= 0.3 is 6.03 Å². The fraction of sp³-hybridized carbons (Fsp3) is 0.300. The minimum absolute atomic E-state index is 0.283. The summed E-state index contributed by atoms with van der Waals surface area (Å²) in [7, 11) is 0. The molecule has 1 aromatic carbocycles. The van der Waals surface area contributed by atoms with Crippen LogP contribution >= 0.6 is 0 Å². The molecule has 2 amide bonds. The maximum absolute atomic E-state index is 11.3. The number of aliphatic hydroxyl groups excluding tert-OH is 2. The Morgan fingerprint density at radius 2 is 1.93 bits per heavy atom. The van der Waals surface area contributed by atoms with Gasteiger partial charge in [0.15, 0.2) is 12.5 Å². The molecule has 0 saturated carbocycles. The summed E-state index contributed by atoms with van der Waals surface area (Å²) in [6.45, 7) is 0.283. The summed E-state index contributed by atoms with van der Waals surface area (Å²) in [4.78, 5) is 12.5. The third kappa shape index (κ3) is 1.93. The first-order valence-electron chi connectivity index (χ1n) is 4.65. The molecular formula is C10H12N2O3. The fourth-order valence-corrected chi connectivity index (χ4v) is 1.52. The lowest BCUT2D eigenvalue weighted by Gasteiger charge is -2.19. The number of carbonyl (C=O) groups excluding carboxylic acids is 1. The van der Waals surface area contributed by atoms with Crippen LogP contribution in [-0.2, 0) is 6.54 Å². The molecule has 0 aromatic heterocycles. The zero-order chi connectivity index (χ0) is 10.8. The molecule has 15 heavy (non-hydrogen) atoms. The zero-order valence-electron chi connectivity index (χ0n) is 8.00. The van der Waals surface area contributed by atoms with Crippen LogP contribution in [0.3, 0.4) is 0 Å². The Labute approximate surface area is 86.9 Å². The van der Waals surface area contributed by atoms with Crippen molar-refractivity contribution in [2.45, 2.75) is 19.0 Å². The van der Waals surface area contributed by atoms with Gasteiger partial charge in [-0.25, -0.2) is 4.79 Å². The number of nitrogens with one attached hydrogen (secondary N) is 1. The monoisotopic (exact) mass is 208 g/mol. The maximum atomic E-state index is 11.3. The molecule has 0 bridgehead atoms. The van der Waals surface area contributed by atoms with E-state index in [2.05, 4.69) is 5.32 Å². The lowest BCUT2D eigenvalue weighted by Crippen LogP contribution is -2.35.